The number of piperazine rings is 1. The molecule has 1 fully saturated rings. The zero-order chi connectivity index (χ0) is 16.4. The molecule has 0 unspecified atom stereocenters. The van der Waals surface area contributed by atoms with Crippen LogP contribution in [0.1, 0.15) is 10.6 Å². The van der Waals surface area contributed by atoms with E-state index >= 15 is 0 Å². The Hall–Kier alpha value is -1.96. The molecule has 2 aromatic rings. The molecular weight excluding hydrogens is 316 g/mol. The molecule has 1 aromatic carbocycles. The Morgan fingerprint density at radius 1 is 1.09 bits per heavy atom. The van der Waals surface area contributed by atoms with Crippen molar-refractivity contribution >= 4 is 16.3 Å². The highest BCUT2D eigenvalue weighted by Crippen LogP contribution is 2.26. The van der Waals surface area contributed by atoms with E-state index in [1.54, 1.807) is 36.4 Å². The quantitative estimate of drug-likeness (QED) is 0.796. The van der Waals surface area contributed by atoms with E-state index in [-0.39, 0.29) is 10.7 Å². The van der Waals surface area contributed by atoms with Gasteiger partial charge in [-0.2, -0.15) is 4.31 Å². The van der Waals surface area contributed by atoms with Crippen molar-refractivity contribution in [2.45, 2.75) is 4.90 Å². The second-order valence-electron chi connectivity index (χ2n) is 5.56. The van der Waals surface area contributed by atoms with Crippen molar-refractivity contribution in [3.8, 4) is 11.3 Å². The van der Waals surface area contributed by atoms with Gasteiger partial charge in [0.1, 0.15) is 5.76 Å². The molecule has 6 nitrogen and oxygen atoms in total. The Labute approximate surface area is 135 Å². The Morgan fingerprint density at radius 2 is 1.83 bits per heavy atom. The number of nitrogens with zero attached hydrogens (tertiary/aromatic N) is 2. The third-order valence-electron chi connectivity index (χ3n) is 3.96. The van der Waals surface area contributed by atoms with Crippen LogP contribution in [0.4, 0.5) is 0 Å². The van der Waals surface area contributed by atoms with Crippen LogP contribution in [-0.2, 0) is 10.0 Å². The van der Waals surface area contributed by atoms with Crippen molar-refractivity contribution in [2.75, 3.05) is 33.2 Å². The van der Waals surface area contributed by atoms with Crippen LogP contribution >= 0.6 is 0 Å². The Morgan fingerprint density at radius 3 is 2.48 bits per heavy atom. The number of sulfonamides is 1. The Kier molecular flexibility index (Phi) is 4.34. The van der Waals surface area contributed by atoms with E-state index in [2.05, 4.69) is 4.90 Å². The fourth-order valence-electron chi connectivity index (χ4n) is 2.56. The summed E-state index contributed by atoms with van der Waals surface area (Å²) in [7, 11) is -1.54. The fraction of sp³-hybridized carbons (Fsp3) is 0.312. The van der Waals surface area contributed by atoms with Gasteiger partial charge in [-0.25, -0.2) is 8.42 Å². The van der Waals surface area contributed by atoms with E-state index in [9.17, 15) is 13.2 Å². The molecule has 7 heteroatoms. The number of furan rings is 1. The van der Waals surface area contributed by atoms with Gasteiger partial charge >= 0.3 is 0 Å². The summed E-state index contributed by atoms with van der Waals surface area (Å²) in [6.45, 7) is 2.41. The fourth-order valence-corrected chi connectivity index (χ4v) is 4.03. The van der Waals surface area contributed by atoms with E-state index in [1.165, 1.54) is 4.31 Å². The van der Waals surface area contributed by atoms with E-state index in [0.29, 0.717) is 30.7 Å². The number of hydrogen-bond acceptors (Lipinski definition) is 5. The number of aldehydes is 1. The predicted molar refractivity (Wildman–Crippen MR) is 85.8 cm³/mol. The topological polar surface area (TPSA) is 70.8 Å². The molecule has 0 bridgehead atoms. The molecule has 1 aromatic heterocycles. The van der Waals surface area contributed by atoms with E-state index in [4.69, 9.17) is 4.42 Å². The van der Waals surface area contributed by atoms with Gasteiger partial charge in [0.05, 0.1) is 4.90 Å². The molecule has 2 heterocycles. The van der Waals surface area contributed by atoms with Gasteiger partial charge in [0, 0.05) is 31.7 Å². The van der Waals surface area contributed by atoms with Crippen molar-refractivity contribution in [1.29, 1.82) is 0 Å². The summed E-state index contributed by atoms with van der Waals surface area (Å²) >= 11 is 0. The average Bonchev–Trinajstić information content (AvgIpc) is 3.04. The van der Waals surface area contributed by atoms with Crippen LogP contribution < -0.4 is 0 Å². The highest BCUT2D eigenvalue weighted by atomic mass is 32.2. The van der Waals surface area contributed by atoms with Crippen molar-refractivity contribution in [3.63, 3.8) is 0 Å². The molecule has 0 atom stereocenters. The Bertz CT molecular complexity index is 805. The third kappa shape index (κ3) is 3.21. The zero-order valence-corrected chi connectivity index (χ0v) is 13.6. The lowest BCUT2D eigenvalue weighted by Crippen LogP contribution is -2.47. The average molecular weight is 334 g/mol. The standard InChI is InChI=1S/C16H18N2O4S/c1-17-7-9-18(10-8-17)23(20,21)15-4-2-3-13(11-15)16-6-5-14(12-19)22-16/h2-6,11-12H,7-10H2,1H3. The lowest BCUT2D eigenvalue weighted by atomic mass is 10.2. The summed E-state index contributed by atoms with van der Waals surface area (Å²) in [6, 6.07) is 9.83. The van der Waals surface area contributed by atoms with Gasteiger partial charge in [-0.05, 0) is 31.3 Å². The van der Waals surface area contributed by atoms with Crippen LogP contribution in [0.5, 0.6) is 0 Å². The summed E-state index contributed by atoms with van der Waals surface area (Å²) in [5.74, 6) is 0.690. The van der Waals surface area contributed by atoms with Crippen molar-refractivity contribution in [3.05, 3.63) is 42.2 Å². The molecule has 1 aliphatic rings. The van der Waals surface area contributed by atoms with Gasteiger partial charge in [-0.3, -0.25) is 4.79 Å². The first-order chi connectivity index (χ1) is 11.0. The molecule has 0 spiro atoms. The van der Waals surface area contributed by atoms with Gasteiger partial charge in [-0.1, -0.05) is 12.1 Å². The summed E-state index contributed by atoms with van der Waals surface area (Å²) in [5, 5.41) is 0. The summed E-state index contributed by atoms with van der Waals surface area (Å²) in [4.78, 5) is 13.1. The molecule has 0 amide bonds. The molecular formula is C16H18N2O4S. The number of likely N-dealkylation sites (N-methyl/N-ethyl adjacent to an activating group) is 1. The maximum Gasteiger partial charge on any atom is 0.243 e. The zero-order valence-electron chi connectivity index (χ0n) is 12.8. The van der Waals surface area contributed by atoms with Crippen LogP contribution in [0.3, 0.4) is 0 Å². The molecule has 0 radical (unpaired) electrons. The number of hydrogen-bond donors (Lipinski definition) is 0. The van der Waals surface area contributed by atoms with E-state index in [0.717, 1.165) is 13.1 Å². The maximum atomic E-state index is 12.8. The second kappa shape index (κ2) is 6.27. The van der Waals surface area contributed by atoms with Gasteiger partial charge in [-0.15, -0.1) is 0 Å². The number of carbonyl (C=O) groups is 1. The van der Waals surface area contributed by atoms with E-state index < -0.39 is 10.0 Å². The molecule has 0 aliphatic carbocycles. The Balaban J connectivity index is 1.91. The minimum Gasteiger partial charge on any atom is -0.453 e. The molecule has 0 N–H and O–H groups in total. The van der Waals surface area contributed by atoms with Crippen LogP contribution in [0.2, 0.25) is 0 Å². The summed E-state index contributed by atoms with van der Waals surface area (Å²) in [6.07, 6.45) is 0.619. The first kappa shape index (κ1) is 15.9. The minimum absolute atomic E-state index is 0.215. The van der Waals surface area contributed by atoms with Crippen molar-refractivity contribution in [1.82, 2.24) is 9.21 Å². The summed E-state index contributed by atoms with van der Waals surface area (Å²) in [5.41, 5.74) is 0.633. The normalized spacial score (nSPS) is 17.3. The predicted octanol–water partition coefficient (Wildman–Crippen LogP) is 1.70. The van der Waals surface area contributed by atoms with Crippen molar-refractivity contribution in [2.24, 2.45) is 0 Å². The number of rotatable bonds is 4. The summed E-state index contributed by atoms with van der Waals surface area (Å²) < 4.78 is 32.4. The molecule has 23 heavy (non-hydrogen) atoms. The lowest BCUT2D eigenvalue weighted by Gasteiger charge is -2.31. The highest BCUT2D eigenvalue weighted by Gasteiger charge is 2.27. The van der Waals surface area contributed by atoms with Gasteiger partial charge in [0.25, 0.3) is 0 Å². The van der Waals surface area contributed by atoms with Crippen LogP contribution in [0, 0.1) is 0 Å². The first-order valence-electron chi connectivity index (χ1n) is 7.35. The monoisotopic (exact) mass is 334 g/mol. The molecule has 1 saturated heterocycles. The van der Waals surface area contributed by atoms with Crippen LogP contribution in [0.15, 0.2) is 45.7 Å². The SMILES string of the molecule is CN1CCN(S(=O)(=O)c2cccc(-c3ccc(C=O)o3)c2)CC1. The van der Waals surface area contributed by atoms with E-state index in [1.807, 2.05) is 7.05 Å². The molecule has 122 valence electrons. The lowest BCUT2D eigenvalue weighted by molar-refractivity contribution is 0.110. The smallest absolute Gasteiger partial charge is 0.243 e. The second-order valence-corrected chi connectivity index (χ2v) is 7.49. The van der Waals surface area contributed by atoms with Gasteiger partial charge in [0.15, 0.2) is 12.0 Å². The third-order valence-corrected chi connectivity index (χ3v) is 5.86. The van der Waals surface area contributed by atoms with Crippen molar-refractivity contribution < 1.29 is 17.6 Å². The molecule has 1 aliphatic heterocycles. The number of benzene rings is 1. The molecule has 3 rings (SSSR count). The largest absolute Gasteiger partial charge is 0.453 e. The number of carbonyl (C=O) groups excluding carboxylic acids is 1. The first-order valence-corrected chi connectivity index (χ1v) is 8.79. The van der Waals surface area contributed by atoms with Gasteiger partial charge in [0.2, 0.25) is 10.0 Å². The highest BCUT2D eigenvalue weighted by molar-refractivity contribution is 7.89. The van der Waals surface area contributed by atoms with Crippen LogP contribution in [0.25, 0.3) is 11.3 Å². The maximum absolute atomic E-state index is 12.8. The molecule has 0 saturated carbocycles. The van der Waals surface area contributed by atoms with Gasteiger partial charge < -0.3 is 9.32 Å². The minimum atomic E-state index is -3.52. The van der Waals surface area contributed by atoms with Crippen LogP contribution in [-0.4, -0.2) is 57.1 Å².